The van der Waals surface area contributed by atoms with Crippen molar-refractivity contribution in [3.05, 3.63) is 121 Å². The quantitative estimate of drug-likeness (QED) is 0.135. The zero-order chi connectivity index (χ0) is 37.4. The number of halogens is 7. The summed E-state index contributed by atoms with van der Waals surface area (Å²) in [7, 11) is 0. The first kappa shape index (κ1) is 37.4. The van der Waals surface area contributed by atoms with Gasteiger partial charge >= 0.3 is 18.0 Å². The van der Waals surface area contributed by atoms with Crippen LogP contribution in [0.3, 0.4) is 0 Å². The van der Waals surface area contributed by atoms with E-state index in [0.717, 1.165) is 46.2 Å². The number of hydrogen-bond donors (Lipinski definition) is 1. The first-order chi connectivity index (χ1) is 24.6. The van der Waals surface area contributed by atoms with Gasteiger partial charge in [0, 0.05) is 24.7 Å². The van der Waals surface area contributed by atoms with Gasteiger partial charge in [0.15, 0.2) is 0 Å². The fraction of sp³-hybridized carbons (Fsp3) is 0.444. The number of likely N-dealkylation sites (tertiary alicyclic amines) is 1. The standard InChI is InChI=1S/C36H37F7N4O5/c1-2-3-16-50-23-7-4-6-22(17-23)28(44)20-47-32(48)31-29(46(33(47)49)19-25-26(35(38,39)40)8-5-9-27(25)37)21-51-34(31)12-14-45(15-13-34)18-24-10-11-30(52-24)36(41,42)43/h4-11,17,28H,2-3,12-16,18-21,44H2,1H3. The molecule has 2 aromatic heterocycles. The van der Waals surface area contributed by atoms with E-state index < -0.39 is 64.5 Å². The lowest BCUT2D eigenvalue weighted by Crippen LogP contribution is -2.49. The van der Waals surface area contributed by atoms with Crippen molar-refractivity contribution in [2.45, 2.75) is 82.8 Å². The van der Waals surface area contributed by atoms with Gasteiger partial charge < -0.3 is 19.6 Å². The predicted molar refractivity (Wildman–Crippen MR) is 174 cm³/mol. The molecule has 1 fully saturated rings. The largest absolute Gasteiger partial charge is 0.494 e. The zero-order valence-electron chi connectivity index (χ0n) is 28.2. The number of rotatable bonds is 11. The summed E-state index contributed by atoms with van der Waals surface area (Å²) >= 11 is 0. The molecule has 2 aliphatic heterocycles. The number of furan rings is 1. The molecule has 1 unspecified atom stereocenters. The van der Waals surface area contributed by atoms with Crippen LogP contribution in [0.15, 0.2) is 68.6 Å². The van der Waals surface area contributed by atoms with E-state index in [1.807, 2.05) is 11.8 Å². The molecule has 0 aliphatic carbocycles. The minimum atomic E-state index is -4.94. The summed E-state index contributed by atoms with van der Waals surface area (Å²) in [6.45, 7) is 1.50. The molecule has 1 saturated heterocycles. The van der Waals surface area contributed by atoms with Crippen LogP contribution in [0, 0.1) is 5.82 Å². The third-order valence-electron chi connectivity index (χ3n) is 9.63. The number of benzene rings is 2. The molecule has 0 amide bonds. The number of piperidine rings is 1. The molecule has 4 heterocycles. The van der Waals surface area contributed by atoms with Crippen molar-refractivity contribution in [2.75, 3.05) is 19.7 Å². The van der Waals surface area contributed by atoms with E-state index in [1.165, 1.54) is 6.07 Å². The van der Waals surface area contributed by atoms with Crippen LogP contribution >= 0.6 is 0 Å². The second kappa shape index (κ2) is 14.5. The molecule has 16 heteroatoms. The summed E-state index contributed by atoms with van der Waals surface area (Å²) in [4.78, 5) is 30.3. The second-order valence-corrected chi connectivity index (χ2v) is 13.1. The van der Waals surface area contributed by atoms with E-state index in [-0.39, 0.29) is 62.6 Å². The molecular formula is C36H37F7N4O5. The minimum Gasteiger partial charge on any atom is -0.494 e. The molecule has 2 aliphatic rings. The molecule has 2 N–H and O–H groups in total. The number of nitrogens with two attached hydrogens (primary N) is 1. The van der Waals surface area contributed by atoms with Crippen LogP contribution in [-0.4, -0.2) is 33.7 Å². The van der Waals surface area contributed by atoms with E-state index in [4.69, 9.17) is 19.6 Å². The monoisotopic (exact) mass is 738 g/mol. The Hall–Kier alpha value is -4.41. The number of nitrogens with zero attached hydrogens (tertiary/aromatic N) is 3. The van der Waals surface area contributed by atoms with E-state index in [2.05, 4.69) is 0 Å². The number of alkyl halides is 6. The molecule has 0 radical (unpaired) electrons. The van der Waals surface area contributed by atoms with Crippen molar-refractivity contribution in [3.63, 3.8) is 0 Å². The lowest BCUT2D eigenvalue weighted by atomic mass is 9.85. The topological polar surface area (TPSA) is 105 Å². The first-order valence-electron chi connectivity index (χ1n) is 16.8. The van der Waals surface area contributed by atoms with Crippen LogP contribution in [0.5, 0.6) is 5.75 Å². The molecule has 0 bridgehead atoms. The number of unbranched alkanes of at least 4 members (excludes halogenated alkanes) is 1. The molecule has 4 aromatic rings. The number of ether oxygens (including phenoxy) is 2. The minimum absolute atomic E-state index is 0.0248. The highest BCUT2D eigenvalue weighted by atomic mass is 19.4. The van der Waals surface area contributed by atoms with Crippen molar-refractivity contribution in [2.24, 2.45) is 5.73 Å². The summed E-state index contributed by atoms with van der Waals surface area (Å²) in [5.74, 6) is -1.69. The fourth-order valence-corrected chi connectivity index (χ4v) is 6.87. The average molecular weight is 739 g/mol. The maximum absolute atomic E-state index is 15.1. The van der Waals surface area contributed by atoms with Crippen molar-refractivity contribution in [1.82, 2.24) is 14.0 Å². The third kappa shape index (κ3) is 7.55. The molecule has 6 rings (SSSR count). The Morgan fingerprint density at radius 1 is 0.942 bits per heavy atom. The van der Waals surface area contributed by atoms with Gasteiger partial charge in [0.05, 0.1) is 49.7 Å². The Balaban J connectivity index is 1.37. The fourth-order valence-electron chi connectivity index (χ4n) is 6.87. The Kier molecular flexibility index (Phi) is 10.4. The van der Waals surface area contributed by atoms with Crippen LogP contribution in [0.2, 0.25) is 0 Å². The maximum Gasteiger partial charge on any atom is 0.449 e. The summed E-state index contributed by atoms with van der Waals surface area (Å²) in [6, 6.07) is 10.5. The summed E-state index contributed by atoms with van der Waals surface area (Å²) in [6.07, 6.45) is -7.51. The van der Waals surface area contributed by atoms with Crippen molar-refractivity contribution >= 4 is 0 Å². The van der Waals surface area contributed by atoms with E-state index in [1.54, 1.807) is 24.3 Å². The molecule has 0 saturated carbocycles. The molecule has 280 valence electrons. The highest BCUT2D eigenvalue weighted by Crippen LogP contribution is 2.43. The lowest BCUT2D eigenvalue weighted by Gasteiger charge is -2.38. The molecule has 52 heavy (non-hydrogen) atoms. The average Bonchev–Trinajstić information content (AvgIpc) is 3.72. The normalized spacial score (nSPS) is 16.7. The third-order valence-corrected chi connectivity index (χ3v) is 9.63. The lowest BCUT2D eigenvalue weighted by molar-refractivity contribution is -0.153. The Labute approximate surface area is 293 Å². The van der Waals surface area contributed by atoms with Gasteiger partial charge in [0.1, 0.15) is 22.9 Å². The zero-order valence-corrected chi connectivity index (χ0v) is 28.2. The van der Waals surface area contributed by atoms with Gasteiger partial charge in [-0.15, -0.1) is 0 Å². The summed E-state index contributed by atoms with van der Waals surface area (Å²) < 4.78 is 115. The summed E-state index contributed by atoms with van der Waals surface area (Å²) in [5, 5.41) is 0. The number of aromatic nitrogens is 2. The molecule has 1 spiro atoms. The van der Waals surface area contributed by atoms with E-state index in [0.29, 0.717) is 17.9 Å². The Morgan fingerprint density at radius 2 is 1.67 bits per heavy atom. The van der Waals surface area contributed by atoms with Gasteiger partial charge in [-0.3, -0.25) is 18.8 Å². The Morgan fingerprint density at radius 3 is 2.35 bits per heavy atom. The van der Waals surface area contributed by atoms with Crippen molar-refractivity contribution in [3.8, 4) is 5.75 Å². The molecule has 1 atom stereocenters. The highest BCUT2D eigenvalue weighted by molar-refractivity contribution is 5.35. The van der Waals surface area contributed by atoms with Crippen LogP contribution in [0.25, 0.3) is 0 Å². The summed E-state index contributed by atoms with van der Waals surface area (Å²) in [5.41, 5.74) is 2.11. The van der Waals surface area contributed by atoms with Crippen LogP contribution in [0.1, 0.15) is 78.1 Å². The first-order valence-corrected chi connectivity index (χ1v) is 16.8. The smallest absolute Gasteiger partial charge is 0.449 e. The van der Waals surface area contributed by atoms with Gasteiger partial charge in [0.2, 0.25) is 5.76 Å². The molecule has 9 nitrogen and oxygen atoms in total. The Bertz CT molecular complexity index is 2030. The van der Waals surface area contributed by atoms with Crippen LogP contribution in [-0.2, 0) is 48.9 Å². The molecular weight excluding hydrogens is 701 g/mol. The van der Waals surface area contributed by atoms with E-state index >= 15 is 4.39 Å². The van der Waals surface area contributed by atoms with Gasteiger partial charge in [0.25, 0.3) is 5.56 Å². The van der Waals surface area contributed by atoms with Crippen molar-refractivity contribution in [1.29, 1.82) is 0 Å². The van der Waals surface area contributed by atoms with Gasteiger partial charge in [-0.2, -0.15) is 26.3 Å². The predicted octanol–water partition coefficient (Wildman–Crippen LogP) is 6.73. The number of fused-ring (bicyclic) bond motifs is 2. The van der Waals surface area contributed by atoms with Gasteiger partial charge in [-0.1, -0.05) is 31.5 Å². The van der Waals surface area contributed by atoms with Crippen molar-refractivity contribution < 1.29 is 44.6 Å². The highest BCUT2D eigenvalue weighted by Gasteiger charge is 2.47. The number of hydrogen-bond acceptors (Lipinski definition) is 7. The van der Waals surface area contributed by atoms with E-state index in [9.17, 15) is 35.9 Å². The van der Waals surface area contributed by atoms with Crippen LogP contribution < -0.4 is 21.7 Å². The van der Waals surface area contributed by atoms with Crippen LogP contribution in [0.4, 0.5) is 30.7 Å². The SMILES string of the molecule is CCCCOc1cccc(C(N)Cn2c(=O)c3c(n(Cc4c(F)cccc4C(F)(F)F)c2=O)COC32CCN(Cc3ccc(C(F)(F)F)o3)CC2)c1. The van der Waals surface area contributed by atoms with Gasteiger partial charge in [-0.25, -0.2) is 9.18 Å². The molecule has 2 aromatic carbocycles. The second-order valence-electron chi connectivity index (χ2n) is 13.1. The maximum atomic E-state index is 15.1. The van der Waals surface area contributed by atoms with Gasteiger partial charge in [-0.05, 0) is 61.2 Å².